The lowest BCUT2D eigenvalue weighted by molar-refractivity contribution is -0.138. The Balaban J connectivity index is 1.70. The van der Waals surface area contributed by atoms with Gasteiger partial charge < -0.3 is 10.0 Å². The highest BCUT2D eigenvalue weighted by molar-refractivity contribution is 5.79. The van der Waals surface area contributed by atoms with Crippen molar-refractivity contribution in [2.45, 2.75) is 51.9 Å². The first-order valence-electron chi connectivity index (χ1n) is 8.86. The molecule has 122 valence electrons. The standard InChI is InChI=1S/C17H32N2O2/c1-2-3-4-15-5-7-16(8-6-15)17(21)19-11-9-18(10-12-19)13-14-20/h15-16,20H,2-14H2,1H3. The summed E-state index contributed by atoms with van der Waals surface area (Å²) in [5.74, 6) is 1.55. The maximum Gasteiger partial charge on any atom is 0.225 e. The van der Waals surface area contributed by atoms with Gasteiger partial charge in [-0.15, -0.1) is 0 Å². The summed E-state index contributed by atoms with van der Waals surface area (Å²) in [6.45, 7) is 6.73. The van der Waals surface area contributed by atoms with Gasteiger partial charge in [0, 0.05) is 38.6 Å². The molecule has 1 aliphatic carbocycles. The molecule has 1 amide bonds. The van der Waals surface area contributed by atoms with E-state index in [9.17, 15) is 4.79 Å². The second-order valence-corrected chi connectivity index (χ2v) is 6.75. The molecule has 21 heavy (non-hydrogen) atoms. The Morgan fingerprint density at radius 2 is 1.76 bits per heavy atom. The first-order chi connectivity index (χ1) is 10.2. The number of carbonyl (C=O) groups is 1. The first kappa shape index (κ1) is 16.8. The van der Waals surface area contributed by atoms with Crippen molar-refractivity contribution in [2.24, 2.45) is 11.8 Å². The Labute approximate surface area is 129 Å². The number of unbranched alkanes of at least 4 members (excludes halogenated alkanes) is 1. The Morgan fingerprint density at radius 3 is 2.33 bits per heavy atom. The first-order valence-corrected chi connectivity index (χ1v) is 8.86. The van der Waals surface area contributed by atoms with E-state index in [-0.39, 0.29) is 12.5 Å². The van der Waals surface area contributed by atoms with Gasteiger partial charge in [-0.25, -0.2) is 0 Å². The summed E-state index contributed by atoms with van der Waals surface area (Å²) in [7, 11) is 0. The molecular formula is C17H32N2O2. The highest BCUT2D eigenvalue weighted by atomic mass is 16.3. The molecule has 0 aromatic rings. The van der Waals surface area contributed by atoms with Gasteiger partial charge in [-0.2, -0.15) is 0 Å². The van der Waals surface area contributed by atoms with Crippen LogP contribution in [0.25, 0.3) is 0 Å². The minimum absolute atomic E-state index is 0.218. The molecule has 2 fully saturated rings. The summed E-state index contributed by atoms with van der Waals surface area (Å²) >= 11 is 0. The SMILES string of the molecule is CCCCC1CCC(C(=O)N2CCN(CCO)CC2)CC1. The zero-order valence-corrected chi connectivity index (χ0v) is 13.6. The fourth-order valence-electron chi connectivity index (χ4n) is 3.78. The molecule has 2 aliphatic rings. The second-order valence-electron chi connectivity index (χ2n) is 6.75. The summed E-state index contributed by atoms with van der Waals surface area (Å²) in [4.78, 5) is 16.9. The van der Waals surface area contributed by atoms with Crippen molar-refractivity contribution in [3.05, 3.63) is 0 Å². The van der Waals surface area contributed by atoms with Crippen LogP contribution in [0.3, 0.4) is 0 Å². The zero-order valence-electron chi connectivity index (χ0n) is 13.6. The van der Waals surface area contributed by atoms with Gasteiger partial charge in [0.15, 0.2) is 0 Å². The maximum atomic E-state index is 12.6. The van der Waals surface area contributed by atoms with Crippen LogP contribution in [0.5, 0.6) is 0 Å². The van der Waals surface area contributed by atoms with E-state index in [0.717, 1.165) is 51.5 Å². The zero-order chi connectivity index (χ0) is 15.1. The summed E-state index contributed by atoms with van der Waals surface area (Å²) in [5, 5.41) is 8.96. The fraction of sp³-hybridized carbons (Fsp3) is 0.941. The average Bonchev–Trinajstić information content (AvgIpc) is 2.54. The molecule has 0 aromatic heterocycles. The lowest BCUT2D eigenvalue weighted by Crippen LogP contribution is -2.51. The molecule has 4 nitrogen and oxygen atoms in total. The Hall–Kier alpha value is -0.610. The van der Waals surface area contributed by atoms with Gasteiger partial charge in [-0.05, 0) is 31.6 Å². The monoisotopic (exact) mass is 296 g/mol. The quantitative estimate of drug-likeness (QED) is 0.816. The van der Waals surface area contributed by atoms with Gasteiger partial charge in [-0.1, -0.05) is 26.2 Å². The van der Waals surface area contributed by atoms with Gasteiger partial charge in [0.05, 0.1) is 6.61 Å². The average molecular weight is 296 g/mol. The second kappa shape index (κ2) is 8.74. The van der Waals surface area contributed by atoms with E-state index in [2.05, 4.69) is 16.7 Å². The van der Waals surface area contributed by atoms with E-state index < -0.39 is 0 Å². The normalized spacial score (nSPS) is 27.8. The van der Waals surface area contributed by atoms with Gasteiger partial charge in [0.25, 0.3) is 0 Å². The number of carbonyl (C=O) groups excluding carboxylic acids is 1. The van der Waals surface area contributed by atoms with Gasteiger partial charge in [0.1, 0.15) is 0 Å². The Morgan fingerprint density at radius 1 is 1.10 bits per heavy atom. The van der Waals surface area contributed by atoms with E-state index >= 15 is 0 Å². The fourth-order valence-corrected chi connectivity index (χ4v) is 3.78. The summed E-state index contributed by atoms with van der Waals surface area (Å²) < 4.78 is 0. The molecule has 1 saturated carbocycles. The lowest BCUT2D eigenvalue weighted by Gasteiger charge is -2.37. The van der Waals surface area contributed by atoms with Crippen molar-refractivity contribution in [3.63, 3.8) is 0 Å². The predicted octanol–water partition coefficient (Wildman–Crippen LogP) is 2.12. The molecule has 0 bridgehead atoms. The number of aliphatic hydroxyl groups is 1. The van der Waals surface area contributed by atoms with Crippen LogP contribution in [0.15, 0.2) is 0 Å². The van der Waals surface area contributed by atoms with Gasteiger partial charge in [-0.3, -0.25) is 9.69 Å². The Kier molecular flexibility index (Phi) is 6.97. The topological polar surface area (TPSA) is 43.8 Å². The molecule has 1 heterocycles. The van der Waals surface area contributed by atoms with Crippen LogP contribution < -0.4 is 0 Å². The third-order valence-electron chi connectivity index (χ3n) is 5.26. The van der Waals surface area contributed by atoms with Crippen LogP contribution >= 0.6 is 0 Å². The van der Waals surface area contributed by atoms with Crippen molar-refractivity contribution in [1.29, 1.82) is 0 Å². The number of β-amino-alcohol motifs (C(OH)–C–C–N with tert-alkyl or cyclic N) is 1. The van der Waals surface area contributed by atoms with Crippen LogP contribution in [0, 0.1) is 11.8 Å². The minimum Gasteiger partial charge on any atom is -0.395 e. The number of amides is 1. The predicted molar refractivity (Wildman–Crippen MR) is 85.1 cm³/mol. The molecule has 1 saturated heterocycles. The van der Waals surface area contributed by atoms with Crippen LogP contribution in [0.4, 0.5) is 0 Å². The number of rotatable bonds is 6. The van der Waals surface area contributed by atoms with E-state index in [1.807, 2.05) is 0 Å². The van der Waals surface area contributed by atoms with Crippen LogP contribution in [0.2, 0.25) is 0 Å². The van der Waals surface area contributed by atoms with Crippen molar-refractivity contribution >= 4 is 5.91 Å². The number of hydrogen-bond donors (Lipinski definition) is 1. The molecule has 0 unspecified atom stereocenters. The number of nitrogens with zero attached hydrogens (tertiary/aromatic N) is 2. The molecule has 0 aromatic carbocycles. The van der Waals surface area contributed by atoms with Gasteiger partial charge in [0.2, 0.25) is 5.91 Å². The van der Waals surface area contributed by atoms with E-state index in [0.29, 0.717) is 5.91 Å². The number of piperazine rings is 1. The van der Waals surface area contributed by atoms with Gasteiger partial charge >= 0.3 is 0 Å². The van der Waals surface area contributed by atoms with Crippen molar-refractivity contribution < 1.29 is 9.90 Å². The van der Waals surface area contributed by atoms with Crippen molar-refractivity contribution in [2.75, 3.05) is 39.3 Å². The summed E-state index contributed by atoms with van der Waals surface area (Å²) in [6, 6.07) is 0. The number of hydrogen-bond acceptors (Lipinski definition) is 3. The molecule has 0 radical (unpaired) electrons. The van der Waals surface area contributed by atoms with E-state index in [1.54, 1.807) is 0 Å². The van der Waals surface area contributed by atoms with E-state index in [4.69, 9.17) is 5.11 Å². The molecule has 0 atom stereocenters. The highest BCUT2D eigenvalue weighted by Gasteiger charge is 2.30. The van der Waals surface area contributed by atoms with Crippen molar-refractivity contribution in [3.8, 4) is 0 Å². The summed E-state index contributed by atoms with van der Waals surface area (Å²) in [5.41, 5.74) is 0. The molecule has 2 rings (SSSR count). The molecule has 4 heteroatoms. The largest absolute Gasteiger partial charge is 0.395 e. The van der Waals surface area contributed by atoms with Crippen molar-refractivity contribution in [1.82, 2.24) is 9.80 Å². The molecular weight excluding hydrogens is 264 g/mol. The van der Waals surface area contributed by atoms with Crippen LogP contribution in [0.1, 0.15) is 51.9 Å². The highest BCUT2D eigenvalue weighted by Crippen LogP contribution is 2.33. The molecule has 0 spiro atoms. The molecule has 1 N–H and O–H groups in total. The minimum atomic E-state index is 0.218. The Bertz CT molecular complexity index is 306. The van der Waals surface area contributed by atoms with Crippen LogP contribution in [-0.2, 0) is 4.79 Å². The maximum absolute atomic E-state index is 12.6. The van der Waals surface area contributed by atoms with Crippen LogP contribution in [-0.4, -0.2) is 60.1 Å². The summed E-state index contributed by atoms with van der Waals surface area (Å²) in [6.07, 6.45) is 8.69. The number of aliphatic hydroxyl groups excluding tert-OH is 1. The van der Waals surface area contributed by atoms with E-state index in [1.165, 1.54) is 32.1 Å². The molecule has 1 aliphatic heterocycles. The third kappa shape index (κ3) is 4.96. The lowest BCUT2D eigenvalue weighted by atomic mass is 9.79. The smallest absolute Gasteiger partial charge is 0.225 e. The third-order valence-corrected chi connectivity index (χ3v) is 5.26.